The van der Waals surface area contributed by atoms with Crippen molar-refractivity contribution in [2.24, 2.45) is 7.05 Å². The molecule has 100 valence electrons. The topological polar surface area (TPSA) is 29.9 Å². The fourth-order valence-electron chi connectivity index (χ4n) is 2.98. The van der Waals surface area contributed by atoms with E-state index in [1.54, 1.807) is 0 Å². The van der Waals surface area contributed by atoms with Gasteiger partial charge in [-0.05, 0) is 37.4 Å². The van der Waals surface area contributed by atoms with Gasteiger partial charge in [-0.15, -0.1) is 0 Å². The molecule has 2 aromatic rings. The molecule has 0 bridgehead atoms. The first-order chi connectivity index (χ1) is 9.25. The molecule has 1 saturated heterocycles. The van der Waals surface area contributed by atoms with E-state index in [1.165, 1.54) is 35.2 Å². The summed E-state index contributed by atoms with van der Waals surface area (Å²) in [6.07, 6.45) is 4.64. The van der Waals surface area contributed by atoms with Crippen molar-refractivity contribution in [2.75, 3.05) is 13.1 Å². The summed E-state index contributed by atoms with van der Waals surface area (Å²) in [7, 11) is 2.02. The number of nitrogens with one attached hydrogen (secondary N) is 1. The monoisotopic (exact) mass is 255 g/mol. The number of nitrogens with zero attached hydrogens (tertiary/aromatic N) is 2. The van der Waals surface area contributed by atoms with Gasteiger partial charge in [0.05, 0.1) is 5.69 Å². The van der Waals surface area contributed by atoms with Crippen molar-refractivity contribution in [2.45, 2.75) is 25.7 Å². The molecule has 0 aliphatic carbocycles. The quantitative estimate of drug-likeness (QED) is 0.894. The fraction of sp³-hybridized carbons (Fsp3) is 0.438. The van der Waals surface area contributed by atoms with E-state index in [2.05, 4.69) is 42.7 Å². The minimum Gasteiger partial charge on any atom is -0.316 e. The van der Waals surface area contributed by atoms with Crippen molar-refractivity contribution in [3.8, 4) is 11.1 Å². The van der Waals surface area contributed by atoms with E-state index in [0.717, 1.165) is 13.1 Å². The van der Waals surface area contributed by atoms with E-state index in [1.807, 2.05) is 11.7 Å². The molecule has 1 aliphatic rings. The summed E-state index contributed by atoms with van der Waals surface area (Å²) in [5.41, 5.74) is 5.19. The molecule has 1 aromatic heterocycles. The van der Waals surface area contributed by atoms with Crippen LogP contribution in [-0.2, 0) is 7.05 Å². The normalized spacial score (nSPS) is 19.6. The van der Waals surface area contributed by atoms with Gasteiger partial charge in [0.1, 0.15) is 0 Å². The first-order valence-corrected chi connectivity index (χ1v) is 7.06. The zero-order valence-corrected chi connectivity index (χ0v) is 11.7. The van der Waals surface area contributed by atoms with Crippen molar-refractivity contribution in [1.29, 1.82) is 0 Å². The second-order valence-electron chi connectivity index (χ2n) is 5.46. The predicted molar refractivity (Wildman–Crippen MR) is 78.2 cm³/mol. The second-order valence-corrected chi connectivity index (χ2v) is 5.46. The Hall–Kier alpha value is -1.61. The molecular formula is C16H21N3. The molecule has 3 rings (SSSR count). The van der Waals surface area contributed by atoms with Crippen LogP contribution in [0.2, 0.25) is 0 Å². The molecule has 3 heteroatoms. The van der Waals surface area contributed by atoms with Gasteiger partial charge in [0.15, 0.2) is 0 Å². The lowest BCUT2D eigenvalue weighted by molar-refractivity contribution is 0.452. The molecule has 1 aliphatic heterocycles. The van der Waals surface area contributed by atoms with Gasteiger partial charge in [-0.3, -0.25) is 4.68 Å². The molecule has 19 heavy (non-hydrogen) atoms. The van der Waals surface area contributed by atoms with Crippen LogP contribution in [0.1, 0.15) is 30.0 Å². The third-order valence-corrected chi connectivity index (χ3v) is 3.98. The zero-order valence-electron chi connectivity index (χ0n) is 11.7. The lowest BCUT2D eigenvalue weighted by Gasteiger charge is -2.22. The van der Waals surface area contributed by atoms with Crippen LogP contribution in [-0.4, -0.2) is 22.9 Å². The van der Waals surface area contributed by atoms with Crippen molar-refractivity contribution in [1.82, 2.24) is 15.1 Å². The first kappa shape index (κ1) is 12.4. The van der Waals surface area contributed by atoms with E-state index in [-0.39, 0.29) is 0 Å². The van der Waals surface area contributed by atoms with Crippen LogP contribution in [0.3, 0.4) is 0 Å². The summed E-state index contributed by atoms with van der Waals surface area (Å²) < 4.78 is 1.95. The second kappa shape index (κ2) is 5.17. The van der Waals surface area contributed by atoms with Gasteiger partial charge >= 0.3 is 0 Å². The SMILES string of the molecule is Cc1ccccc1-c1cn(C)nc1C1CCCNC1. The third kappa shape index (κ3) is 2.43. The molecule has 1 aromatic carbocycles. The first-order valence-electron chi connectivity index (χ1n) is 7.06. The smallest absolute Gasteiger partial charge is 0.0746 e. The molecule has 2 heterocycles. The fourth-order valence-corrected chi connectivity index (χ4v) is 2.98. The van der Waals surface area contributed by atoms with Gasteiger partial charge < -0.3 is 5.32 Å². The molecule has 3 nitrogen and oxygen atoms in total. The lowest BCUT2D eigenvalue weighted by atomic mass is 9.90. The Morgan fingerprint density at radius 2 is 2.11 bits per heavy atom. The van der Waals surface area contributed by atoms with Crippen LogP contribution < -0.4 is 5.32 Å². The average Bonchev–Trinajstić information content (AvgIpc) is 2.82. The van der Waals surface area contributed by atoms with Crippen LogP contribution in [0, 0.1) is 6.92 Å². The maximum absolute atomic E-state index is 4.73. The highest BCUT2D eigenvalue weighted by Gasteiger charge is 2.22. The van der Waals surface area contributed by atoms with Gasteiger partial charge in [-0.2, -0.15) is 5.10 Å². The van der Waals surface area contributed by atoms with Crippen LogP contribution in [0.25, 0.3) is 11.1 Å². The highest BCUT2D eigenvalue weighted by molar-refractivity contribution is 5.69. The predicted octanol–water partition coefficient (Wildman–Crippen LogP) is 2.86. The van der Waals surface area contributed by atoms with Gasteiger partial charge in [-0.25, -0.2) is 0 Å². The van der Waals surface area contributed by atoms with E-state index >= 15 is 0 Å². The standard InChI is InChI=1S/C16H21N3/c1-12-6-3-4-8-14(12)15-11-19(2)18-16(15)13-7-5-9-17-10-13/h3-4,6,8,11,13,17H,5,7,9-10H2,1-2H3. The number of aryl methyl sites for hydroxylation is 2. The van der Waals surface area contributed by atoms with E-state index in [0.29, 0.717) is 5.92 Å². The summed E-state index contributed by atoms with van der Waals surface area (Å²) in [4.78, 5) is 0. The number of aromatic nitrogens is 2. The van der Waals surface area contributed by atoms with E-state index < -0.39 is 0 Å². The summed E-state index contributed by atoms with van der Waals surface area (Å²) in [5, 5.41) is 8.22. The Bertz CT molecular complexity index is 565. The number of rotatable bonds is 2. The maximum atomic E-state index is 4.73. The number of hydrogen-bond donors (Lipinski definition) is 1. The Balaban J connectivity index is 2.04. The summed E-state index contributed by atoms with van der Waals surface area (Å²) in [5.74, 6) is 0.546. The van der Waals surface area contributed by atoms with Crippen LogP contribution in [0.15, 0.2) is 30.5 Å². The largest absolute Gasteiger partial charge is 0.316 e. The third-order valence-electron chi connectivity index (χ3n) is 3.98. The molecule has 0 saturated carbocycles. The summed E-state index contributed by atoms with van der Waals surface area (Å²) in [6, 6.07) is 8.58. The molecule has 1 unspecified atom stereocenters. The Morgan fingerprint density at radius 1 is 1.26 bits per heavy atom. The van der Waals surface area contributed by atoms with Gasteiger partial charge in [0, 0.05) is 31.3 Å². The molecule has 0 radical (unpaired) electrons. The maximum Gasteiger partial charge on any atom is 0.0746 e. The van der Waals surface area contributed by atoms with Gasteiger partial charge in [0.2, 0.25) is 0 Å². The van der Waals surface area contributed by atoms with Crippen LogP contribution in [0.5, 0.6) is 0 Å². The van der Waals surface area contributed by atoms with Crippen molar-refractivity contribution in [3.63, 3.8) is 0 Å². The summed E-state index contributed by atoms with van der Waals surface area (Å²) >= 11 is 0. The summed E-state index contributed by atoms with van der Waals surface area (Å²) in [6.45, 7) is 4.37. The molecule has 1 atom stereocenters. The number of benzene rings is 1. The molecular weight excluding hydrogens is 234 g/mol. The Kier molecular flexibility index (Phi) is 3.38. The van der Waals surface area contributed by atoms with Crippen molar-refractivity contribution in [3.05, 3.63) is 41.7 Å². The van der Waals surface area contributed by atoms with Crippen molar-refractivity contribution < 1.29 is 0 Å². The number of hydrogen-bond acceptors (Lipinski definition) is 2. The van der Waals surface area contributed by atoms with E-state index in [9.17, 15) is 0 Å². The van der Waals surface area contributed by atoms with Crippen LogP contribution in [0.4, 0.5) is 0 Å². The zero-order chi connectivity index (χ0) is 13.2. The number of piperidine rings is 1. The molecule has 1 fully saturated rings. The van der Waals surface area contributed by atoms with Gasteiger partial charge in [0.25, 0.3) is 0 Å². The molecule has 0 amide bonds. The Labute approximate surface area is 114 Å². The average molecular weight is 255 g/mol. The van der Waals surface area contributed by atoms with Gasteiger partial charge in [-0.1, -0.05) is 24.3 Å². The van der Waals surface area contributed by atoms with Crippen LogP contribution >= 0.6 is 0 Å². The van der Waals surface area contributed by atoms with Crippen molar-refractivity contribution >= 4 is 0 Å². The molecule has 1 N–H and O–H groups in total. The highest BCUT2D eigenvalue weighted by atomic mass is 15.3. The minimum absolute atomic E-state index is 0.546. The molecule has 0 spiro atoms. The minimum atomic E-state index is 0.546. The highest BCUT2D eigenvalue weighted by Crippen LogP contribution is 2.33. The lowest BCUT2D eigenvalue weighted by Crippen LogP contribution is -2.28. The van der Waals surface area contributed by atoms with E-state index in [4.69, 9.17) is 5.10 Å². The Morgan fingerprint density at radius 3 is 2.84 bits per heavy atom.